The Morgan fingerprint density at radius 2 is 1.77 bits per heavy atom. The van der Waals surface area contributed by atoms with Gasteiger partial charge >= 0.3 is 15.2 Å². The number of rotatable bonds is 6. The number of amides is 1. The summed E-state index contributed by atoms with van der Waals surface area (Å²) in [6.45, 7) is 1.76. The molecule has 0 unspecified atom stereocenters. The minimum atomic E-state index is -3.89. The number of benzene rings is 3. The zero-order chi connectivity index (χ0) is 22.0. The smallest absolute Gasteiger partial charge is 0.325 e. The number of H-pyrrole nitrogens is 1. The van der Waals surface area contributed by atoms with E-state index in [1.54, 1.807) is 55.5 Å². The van der Waals surface area contributed by atoms with Gasteiger partial charge in [0.25, 0.3) is 0 Å². The van der Waals surface area contributed by atoms with Crippen LogP contribution in [0.1, 0.15) is 5.56 Å². The Kier molecular flexibility index (Phi) is 5.79. The van der Waals surface area contributed by atoms with Crippen LogP contribution in [0.5, 0.6) is 0 Å². The van der Waals surface area contributed by atoms with Gasteiger partial charge in [-0.25, -0.2) is 9.37 Å². The number of nitrogens with zero attached hydrogens (tertiary/aromatic N) is 1. The molecular weight excluding hydrogens is 437 g/mol. The van der Waals surface area contributed by atoms with Crippen molar-refractivity contribution >= 4 is 44.4 Å². The first-order chi connectivity index (χ1) is 14.9. The van der Waals surface area contributed by atoms with Gasteiger partial charge in [0.15, 0.2) is 11.0 Å². The number of imidazole rings is 1. The number of anilines is 1. The highest BCUT2D eigenvalue weighted by Crippen LogP contribution is 2.22. The van der Waals surface area contributed by atoms with E-state index in [2.05, 4.69) is 10.3 Å². The minimum absolute atomic E-state index is 0.0624. The van der Waals surface area contributed by atoms with Crippen LogP contribution in [0.25, 0.3) is 11.0 Å². The molecule has 1 aromatic heterocycles. The lowest BCUT2D eigenvalue weighted by atomic mass is 10.2. The summed E-state index contributed by atoms with van der Waals surface area (Å²) in [4.78, 5) is 15.7. The molecule has 0 aliphatic rings. The maximum Gasteiger partial charge on any atom is 0.336 e. The van der Waals surface area contributed by atoms with Crippen LogP contribution in [0, 0.1) is 12.7 Å². The molecule has 2 N–H and O–H groups in total. The summed E-state index contributed by atoms with van der Waals surface area (Å²) < 4.78 is 41.4. The second-order valence-corrected chi connectivity index (χ2v) is 9.58. The van der Waals surface area contributed by atoms with E-state index in [0.29, 0.717) is 21.9 Å². The standard InChI is InChI=1S/C22H18FN3O3S2/c1-15-11-12-16(23)13-19(15)24-21(27)14-30-22-25-18-9-5-6-10-20(18)26(22)31(28,29)17-7-3-2-4-8-17/h2-13H,14H2,1H3,(H,24,27)/p+1. The average molecular weight is 457 g/mol. The molecule has 0 bridgehead atoms. The fourth-order valence-electron chi connectivity index (χ4n) is 3.11. The van der Waals surface area contributed by atoms with E-state index in [1.807, 2.05) is 0 Å². The van der Waals surface area contributed by atoms with Crippen LogP contribution in [0.2, 0.25) is 0 Å². The monoisotopic (exact) mass is 456 g/mol. The number of aromatic amines is 1. The molecule has 1 amide bonds. The fraction of sp³-hybridized carbons (Fsp3) is 0.0909. The zero-order valence-electron chi connectivity index (χ0n) is 16.5. The second-order valence-electron chi connectivity index (χ2n) is 6.83. The van der Waals surface area contributed by atoms with Gasteiger partial charge in [0.05, 0.1) is 5.75 Å². The molecule has 0 spiro atoms. The van der Waals surface area contributed by atoms with E-state index in [4.69, 9.17) is 0 Å². The molecule has 3 aromatic carbocycles. The number of carbonyl (C=O) groups excluding carboxylic acids is 1. The summed E-state index contributed by atoms with van der Waals surface area (Å²) >= 11 is 1.05. The zero-order valence-corrected chi connectivity index (χ0v) is 18.1. The molecule has 6 nitrogen and oxygen atoms in total. The third-order valence-corrected chi connectivity index (χ3v) is 7.45. The molecule has 1 heterocycles. The van der Waals surface area contributed by atoms with E-state index < -0.39 is 15.8 Å². The number of hydrogen-bond donors (Lipinski definition) is 2. The lowest BCUT2D eigenvalue weighted by molar-refractivity contribution is -0.526. The summed E-state index contributed by atoms with van der Waals surface area (Å²) in [5.74, 6) is -0.885. The van der Waals surface area contributed by atoms with Gasteiger partial charge in [-0.15, -0.1) is 3.97 Å². The van der Waals surface area contributed by atoms with Crippen LogP contribution >= 0.6 is 11.8 Å². The molecule has 0 atom stereocenters. The van der Waals surface area contributed by atoms with E-state index in [1.165, 1.54) is 28.2 Å². The van der Waals surface area contributed by atoms with Gasteiger partial charge < -0.3 is 5.32 Å². The van der Waals surface area contributed by atoms with Gasteiger partial charge in [0.1, 0.15) is 10.7 Å². The quantitative estimate of drug-likeness (QED) is 0.341. The van der Waals surface area contributed by atoms with Gasteiger partial charge in [-0.2, -0.15) is 8.42 Å². The van der Waals surface area contributed by atoms with E-state index in [9.17, 15) is 17.6 Å². The van der Waals surface area contributed by atoms with Gasteiger partial charge in [0.2, 0.25) is 5.91 Å². The van der Waals surface area contributed by atoms with E-state index in [-0.39, 0.29) is 16.6 Å². The molecule has 158 valence electrons. The summed E-state index contributed by atoms with van der Waals surface area (Å²) in [7, 11) is -3.89. The number of aryl methyl sites for hydroxylation is 1. The number of aromatic nitrogens is 2. The number of nitrogens with one attached hydrogen (secondary N) is 2. The Morgan fingerprint density at radius 3 is 2.55 bits per heavy atom. The summed E-state index contributed by atoms with van der Waals surface area (Å²) in [6.07, 6.45) is 0. The number of fused-ring (bicyclic) bond motifs is 1. The van der Waals surface area contributed by atoms with Crippen LogP contribution in [-0.2, 0) is 14.8 Å². The first-order valence-corrected chi connectivity index (χ1v) is 11.8. The third-order valence-electron chi connectivity index (χ3n) is 4.64. The number of halogens is 1. The second kappa shape index (κ2) is 8.52. The summed E-state index contributed by atoms with van der Waals surface area (Å²) in [5.41, 5.74) is 2.22. The summed E-state index contributed by atoms with van der Waals surface area (Å²) in [6, 6.07) is 19.3. The fourth-order valence-corrected chi connectivity index (χ4v) is 5.70. The number of hydrogen-bond acceptors (Lipinski definition) is 4. The Morgan fingerprint density at radius 1 is 1.06 bits per heavy atom. The Balaban J connectivity index is 1.65. The summed E-state index contributed by atoms with van der Waals surface area (Å²) in [5, 5.41) is 2.97. The molecule has 9 heteroatoms. The number of carbonyl (C=O) groups is 1. The van der Waals surface area contributed by atoms with Crippen LogP contribution in [0.3, 0.4) is 0 Å². The average Bonchev–Trinajstić information content (AvgIpc) is 3.15. The van der Waals surface area contributed by atoms with Crippen molar-refractivity contribution in [1.82, 2.24) is 4.98 Å². The molecule has 4 rings (SSSR count). The topological polar surface area (TPSA) is 82.9 Å². The van der Waals surface area contributed by atoms with Crippen LogP contribution in [0.15, 0.2) is 82.8 Å². The van der Waals surface area contributed by atoms with Crippen LogP contribution in [-0.4, -0.2) is 25.1 Å². The first-order valence-electron chi connectivity index (χ1n) is 9.38. The highest BCUT2D eigenvalue weighted by atomic mass is 32.2. The Labute approximate surface area is 183 Å². The third kappa shape index (κ3) is 4.33. The highest BCUT2D eigenvalue weighted by molar-refractivity contribution is 8.00. The van der Waals surface area contributed by atoms with Crippen LogP contribution in [0.4, 0.5) is 10.1 Å². The molecule has 0 radical (unpaired) electrons. The molecule has 31 heavy (non-hydrogen) atoms. The van der Waals surface area contributed by atoms with Crippen molar-refractivity contribution in [3.63, 3.8) is 0 Å². The van der Waals surface area contributed by atoms with Crippen molar-refractivity contribution in [2.75, 3.05) is 11.1 Å². The lowest BCUT2D eigenvalue weighted by Crippen LogP contribution is -2.44. The lowest BCUT2D eigenvalue weighted by Gasteiger charge is -2.08. The predicted molar refractivity (Wildman–Crippen MR) is 118 cm³/mol. The molecule has 0 saturated carbocycles. The highest BCUT2D eigenvalue weighted by Gasteiger charge is 2.31. The molecule has 0 saturated heterocycles. The predicted octanol–water partition coefficient (Wildman–Crippen LogP) is 3.87. The maximum atomic E-state index is 13.5. The van der Waals surface area contributed by atoms with E-state index in [0.717, 1.165) is 17.3 Å². The molecule has 0 fully saturated rings. The molecule has 0 aliphatic carbocycles. The van der Waals surface area contributed by atoms with Gasteiger partial charge in [-0.05, 0) is 60.6 Å². The van der Waals surface area contributed by atoms with Crippen molar-refractivity contribution in [1.29, 1.82) is 0 Å². The first kappa shape index (κ1) is 21.1. The molecule has 4 aromatic rings. The van der Waals surface area contributed by atoms with Gasteiger partial charge in [-0.3, -0.25) is 4.79 Å². The normalized spacial score (nSPS) is 11.5. The van der Waals surface area contributed by atoms with Crippen molar-refractivity contribution in [2.24, 2.45) is 0 Å². The molecular formula is C22H19FN3O3S2+. The van der Waals surface area contributed by atoms with Gasteiger partial charge in [0, 0.05) is 5.69 Å². The maximum absolute atomic E-state index is 13.5. The SMILES string of the molecule is Cc1ccc(F)cc1NC(=O)CSc1[nH]c2ccccc2[n+]1S(=O)(=O)c1ccccc1. The Bertz CT molecular complexity index is 1370. The Hall–Kier alpha value is -3.17. The molecule has 0 aliphatic heterocycles. The minimum Gasteiger partial charge on any atom is -0.325 e. The van der Waals surface area contributed by atoms with Crippen molar-refractivity contribution in [3.8, 4) is 0 Å². The van der Waals surface area contributed by atoms with Crippen molar-refractivity contribution < 1.29 is 21.6 Å². The van der Waals surface area contributed by atoms with Crippen molar-refractivity contribution in [3.05, 3.63) is 84.2 Å². The van der Waals surface area contributed by atoms with Crippen LogP contribution < -0.4 is 9.29 Å². The van der Waals surface area contributed by atoms with Crippen molar-refractivity contribution in [2.45, 2.75) is 17.0 Å². The largest absolute Gasteiger partial charge is 0.336 e. The van der Waals surface area contributed by atoms with E-state index >= 15 is 0 Å². The number of thioether (sulfide) groups is 1. The number of para-hydroxylation sites is 2. The van der Waals surface area contributed by atoms with Gasteiger partial charge in [-0.1, -0.05) is 36.4 Å².